The molecule has 1 amide bonds. The highest BCUT2D eigenvalue weighted by Gasteiger charge is 2.27. The third-order valence-corrected chi connectivity index (χ3v) is 3.51. The largest absolute Gasteiger partial charge is 0.444 e. The van der Waals surface area contributed by atoms with Crippen molar-refractivity contribution in [2.75, 3.05) is 13.2 Å². The lowest BCUT2D eigenvalue weighted by molar-refractivity contribution is 0.0138. The number of para-hydroxylation sites is 1. The number of hydrogen-bond acceptors (Lipinski definition) is 3. The third kappa shape index (κ3) is 3.60. The lowest BCUT2D eigenvalue weighted by Gasteiger charge is -2.31. The van der Waals surface area contributed by atoms with Crippen molar-refractivity contribution in [3.8, 4) is 0 Å². The van der Waals surface area contributed by atoms with Gasteiger partial charge in [-0.1, -0.05) is 18.2 Å². The number of amides is 1. The maximum atomic E-state index is 12.4. The average Bonchev–Trinajstić information content (AvgIpc) is 2.90. The second-order valence-corrected chi connectivity index (χ2v) is 6.36. The predicted octanol–water partition coefficient (Wildman–Crippen LogP) is 3.46. The van der Waals surface area contributed by atoms with Gasteiger partial charge in [-0.15, -0.1) is 0 Å². The quantitative estimate of drug-likeness (QED) is 0.909. The molecule has 22 heavy (non-hydrogen) atoms. The molecule has 1 atom stereocenters. The fourth-order valence-electron chi connectivity index (χ4n) is 2.50. The Kier molecular flexibility index (Phi) is 4.76. The fraction of sp³-hybridized carbons (Fsp3) is 0.471. The van der Waals surface area contributed by atoms with Crippen LogP contribution in [-0.4, -0.2) is 39.8 Å². The Morgan fingerprint density at radius 1 is 1.36 bits per heavy atom. The first-order valence-electron chi connectivity index (χ1n) is 7.50. The van der Waals surface area contributed by atoms with Crippen LogP contribution in [0.25, 0.3) is 10.9 Å². The monoisotopic (exact) mass is 304 g/mol. The van der Waals surface area contributed by atoms with Crippen LogP contribution in [0.4, 0.5) is 4.79 Å². The van der Waals surface area contributed by atoms with Crippen molar-refractivity contribution >= 4 is 17.0 Å². The minimum Gasteiger partial charge on any atom is -0.444 e. The number of aliphatic hydroxyl groups is 1. The zero-order valence-electron chi connectivity index (χ0n) is 13.6. The number of fused-ring (bicyclic) bond motifs is 1. The van der Waals surface area contributed by atoms with Gasteiger partial charge in [0.25, 0.3) is 0 Å². The number of carbonyl (C=O) groups excluding carboxylic acids is 1. The van der Waals surface area contributed by atoms with E-state index in [0.717, 1.165) is 16.5 Å². The van der Waals surface area contributed by atoms with E-state index in [1.165, 1.54) is 0 Å². The summed E-state index contributed by atoms with van der Waals surface area (Å²) in [7, 11) is 0. The van der Waals surface area contributed by atoms with Gasteiger partial charge in [-0.05, 0) is 44.7 Å². The van der Waals surface area contributed by atoms with Crippen LogP contribution in [-0.2, 0) is 4.74 Å². The Balaban J connectivity index is 2.31. The zero-order chi connectivity index (χ0) is 16.3. The molecule has 2 aromatic rings. The fourth-order valence-corrected chi connectivity index (χ4v) is 2.50. The summed E-state index contributed by atoms with van der Waals surface area (Å²) in [6.45, 7) is 7.56. The van der Waals surface area contributed by atoms with Crippen LogP contribution in [0.1, 0.15) is 39.3 Å². The van der Waals surface area contributed by atoms with E-state index in [-0.39, 0.29) is 19.2 Å². The molecule has 1 unspecified atom stereocenters. The van der Waals surface area contributed by atoms with E-state index in [9.17, 15) is 9.90 Å². The van der Waals surface area contributed by atoms with Crippen molar-refractivity contribution in [1.29, 1.82) is 0 Å². The molecular formula is C17H24N2O3. The SMILES string of the molecule is CC(c1cccc2cc[nH]c12)N(CCO)C(=O)OC(C)(C)C. The smallest absolute Gasteiger partial charge is 0.410 e. The number of hydrogen-bond donors (Lipinski definition) is 2. The number of H-pyrrole nitrogens is 1. The average molecular weight is 304 g/mol. The molecule has 2 N–H and O–H groups in total. The molecule has 0 radical (unpaired) electrons. The number of rotatable bonds is 4. The number of carbonyl (C=O) groups is 1. The standard InChI is InChI=1S/C17H24N2O3/c1-12(14-7-5-6-13-8-9-18-15(13)14)19(10-11-20)16(21)22-17(2,3)4/h5-9,12,18,20H,10-11H2,1-4H3. The lowest BCUT2D eigenvalue weighted by Crippen LogP contribution is -2.40. The summed E-state index contributed by atoms with van der Waals surface area (Å²) in [5.74, 6) is 0. The molecule has 1 aromatic heterocycles. The Morgan fingerprint density at radius 3 is 2.73 bits per heavy atom. The maximum absolute atomic E-state index is 12.4. The zero-order valence-corrected chi connectivity index (χ0v) is 13.6. The summed E-state index contributed by atoms with van der Waals surface area (Å²) in [5.41, 5.74) is 1.44. The molecule has 0 aliphatic rings. The number of ether oxygens (including phenoxy) is 1. The van der Waals surface area contributed by atoms with Crippen LogP contribution < -0.4 is 0 Å². The molecule has 0 spiro atoms. The number of aromatic amines is 1. The summed E-state index contributed by atoms with van der Waals surface area (Å²) in [6, 6.07) is 7.76. The Bertz CT molecular complexity index is 643. The first-order valence-corrected chi connectivity index (χ1v) is 7.50. The normalized spacial score (nSPS) is 13.1. The van der Waals surface area contributed by atoms with Crippen LogP contribution in [0.5, 0.6) is 0 Å². The van der Waals surface area contributed by atoms with Gasteiger partial charge in [-0.25, -0.2) is 4.79 Å². The van der Waals surface area contributed by atoms with Gasteiger partial charge in [0.15, 0.2) is 0 Å². The highest BCUT2D eigenvalue weighted by atomic mass is 16.6. The number of aliphatic hydroxyl groups excluding tert-OH is 1. The van der Waals surface area contributed by atoms with Crippen LogP contribution in [0.15, 0.2) is 30.5 Å². The van der Waals surface area contributed by atoms with Crippen LogP contribution in [0.3, 0.4) is 0 Å². The van der Waals surface area contributed by atoms with Crippen molar-refractivity contribution in [3.63, 3.8) is 0 Å². The Morgan fingerprint density at radius 2 is 2.09 bits per heavy atom. The highest BCUT2D eigenvalue weighted by molar-refractivity contribution is 5.83. The molecule has 1 aromatic carbocycles. The molecule has 5 nitrogen and oxygen atoms in total. The summed E-state index contributed by atoms with van der Waals surface area (Å²) in [4.78, 5) is 17.2. The van der Waals surface area contributed by atoms with Crippen molar-refractivity contribution < 1.29 is 14.6 Å². The molecule has 0 aliphatic carbocycles. The van der Waals surface area contributed by atoms with Gasteiger partial charge < -0.3 is 14.8 Å². The molecule has 120 valence electrons. The van der Waals surface area contributed by atoms with Gasteiger partial charge in [0.05, 0.1) is 18.2 Å². The molecular weight excluding hydrogens is 280 g/mol. The molecule has 0 saturated carbocycles. The minimum atomic E-state index is -0.567. The minimum absolute atomic E-state index is 0.107. The Labute approximate surface area is 130 Å². The molecule has 0 saturated heterocycles. The summed E-state index contributed by atoms with van der Waals surface area (Å²) < 4.78 is 5.45. The molecule has 0 bridgehead atoms. The van der Waals surface area contributed by atoms with Crippen molar-refractivity contribution in [2.45, 2.75) is 39.3 Å². The second kappa shape index (κ2) is 6.40. The first kappa shape index (κ1) is 16.4. The van der Waals surface area contributed by atoms with Crippen molar-refractivity contribution in [1.82, 2.24) is 9.88 Å². The van der Waals surface area contributed by atoms with E-state index >= 15 is 0 Å². The first-order chi connectivity index (χ1) is 10.3. The lowest BCUT2D eigenvalue weighted by atomic mass is 10.0. The van der Waals surface area contributed by atoms with Crippen LogP contribution in [0.2, 0.25) is 0 Å². The van der Waals surface area contributed by atoms with Crippen molar-refractivity contribution in [3.05, 3.63) is 36.0 Å². The Hall–Kier alpha value is -2.01. The van der Waals surface area contributed by atoms with Crippen LogP contribution in [0, 0.1) is 0 Å². The molecule has 5 heteroatoms. The molecule has 2 rings (SSSR count). The van der Waals surface area contributed by atoms with E-state index in [1.54, 1.807) is 4.90 Å². The van der Waals surface area contributed by atoms with Gasteiger partial charge in [0.2, 0.25) is 0 Å². The topological polar surface area (TPSA) is 65.6 Å². The van der Waals surface area contributed by atoms with Gasteiger partial charge in [0.1, 0.15) is 5.60 Å². The molecule has 0 fully saturated rings. The van der Waals surface area contributed by atoms with Crippen molar-refractivity contribution in [2.24, 2.45) is 0 Å². The van der Waals surface area contributed by atoms with E-state index in [2.05, 4.69) is 4.98 Å². The number of benzene rings is 1. The number of nitrogens with one attached hydrogen (secondary N) is 1. The molecule has 1 heterocycles. The van der Waals surface area contributed by atoms with E-state index in [4.69, 9.17) is 4.74 Å². The second-order valence-electron chi connectivity index (χ2n) is 6.36. The van der Waals surface area contributed by atoms with Crippen LogP contribution >= 0.6 is 0 Å². The summed E-state index contributed by atoms with van der Waals surface area (Å²) >= 11 is 0. The van der Waals surface area contributed by atoms with Gasteiger partial charge in [-0.3, -0.25) is 4.90 Å². The van der Waals surface area contributed by atoms with Gasteiger partial charge in [-0.2, -0.15) is 0 Å². The third-order valence-electron chi connectivity index (χ3n) is 3.51. The summed E-state index contributed by atoms with van der Waals surface area (Å²) in [5, 5.41) is 10.4. The van der Waals surface area contributed by atoms with Gasteiger partial charge >= 0.3 is 6.09 Å². The number of aromatic nitrogens is 1. The van der Waals surface area contributed by atoms with E-state index in [1.807, 2.05) is 58.2 Å². The van der Waals surface area contributed by atoms with Gasteiger partial charge in [0, 0.05) is 12.7 Å². The van der Waals surface area contributed by atoms with E-state index in [0.29, 0.717) is 0 Å². The number of nitrogens with zero attached hydrogens (tertiary/aromatic N) is 1. The predicted molar refractivity (Wildman–Crippen MR) is 86.7 cm³/mol. The highest BCUT2D eigenvalue weighted by Crippen LogP contribution is 2.28. The maximum Gasteiger partial charge on any atom is 0.410 e. The van der Waals surface area contributed by atoms with E-state index < -0.39 is 11.7 Å². The summed E-state index contributed by atoms with van der Waals surface area (Å²) in [6.07, 6.45) is 1.46. The molecule has 0 aliphatic heterocycles.